The molecule has 166 valence electrons. The van der Waals surface area contributed by atoms with Crippen molar-refractivity contribution in [2.24, 2.45) is 0 Å². The summed E-state index contributed by atoms with van der Waals surface area (Å²) >= 11 is 0. The largest absolute Gasteiger partial charge is 0.444 e. The van der Waals surface area contributed by atoms with Crippen LogP contribution in [0.4, 0.5) is 10.6 Å². The number of carbonyl (C=O) groups is 2. The molecule has 1 unspecified atom stereocenters. The lowest BCUT2D eigenvalue weighted by Gasteiger charge is -2.28. The second-order valence-electron chi connectivity index (χ2n) is 9.91. The molecule has 1 N–H and O–H groups in total. The molecule has 1 aliphatic heterocycles. The molecule has 3 rings (SSSR count). The first-order valence-corrected chi connectivity index (χ1v) is 10.5. The third kappa shape index (κ3) is 5.34. The number of nitrogens with one attached hydrogen (secondary N) is 1. The van der Waals surface area contributed by atoms with Crippen molar-refractivity contribution in [3.05, 3.63) is 53.7 Å². The molecule has 31 heavy (non-hydrogen) atoms. The van der Waals surface area contributed by atoms with Crippen LogP contribution in [0.15, 0.2) is 42.5 Å². The zero-order chi connectivity index (χ0) is 23.0. The summed E-state index contributed by atoms with van der Waals surface area (Å²) in [4.78, 5) is 27.1. The zero-order valence-electron chi connectivity index (χ0n) is 19.4. The number of hydrogen-bond acceptors (Lipinski definition) is 4. The third-order valence-corrected chi connectivity index (χ3v) is 4.86. The molecule has 2 amide bonds. The van der Waals surface area contributed by atoms with Crippen LogP contribution < -0.4 is 5.32 Å². The lowest BCUT2D eigenvalue weighted by atomic mass is 9.92. The van der Waals surface area contributed by atoms with Gasteiger partial charge in [0.25, 0.3) is 5.91 Å². The molecule has 0 fully saturated rings. The van der Waals surface area contributed by atoms with Crippen molar-refractivity contribution in [1.82, 2.24) is 14.7 Å². The Labute approximate surface area is 184 Å². The van der Waals surface area contributed by atoms with Crippen molar-refractivity contribution >= 4 is 17.8 Å². The predicted molar refractivity (Wildman–Crippen MR) is 121 cm³/mol. The van der Waals surface area contributed by atoms with Crippen molar-refractivity contribution in [2.45, 2.75) is 65.5 Å². The fraction of sp³-hybridized carbons (Fsp3) is 0.458. The highest BCUT2D eigenvalue weighted by atomic mass is 16.6. The molecule has 0 saturated carbocycles. The third-order valence-electron chi connectivity index (χ3n) is 4.86. The summed E-state index contributed by atoms with van der Waals surface area (Å²) in [6, 6.07) is 9.08. The van der Waals surface area contributed by atoms with E-state index in [0.717, 1.165) is 16.9 Å². The summed E-state index contributed by atoms with van der Waals surface area (Å²) < 4.78 is 7.19. The Morgan fingerprint density at radius 3 is 2.32 bits per heavy atom. The number of amides is 2. The average Bonchev–Trinajstić information content (AvgIpc) is 3.28. The minimum atomic E-state index is -0.741. The predicted octanol–water partition coefficient (Wildman–Crippen LogP) is 4.59. The van der Waals surface area contributed by atoms with Crippen molar-refractivity contribution in [3.63, 3.8) is 0 Å². The fourth-order valence-electron chi connectivity index (χ4n) is 3.18. The van der Waals surface area contributed by atoms with Crippen LogP contribution in [0, 0.1) is 6.92 Å². The number of rotatable bonds is 3. The minimum absolute atomic E-state index is 0.189. The molecule has 1 aromatic heterocycles. The first kappa shape index (κ1) is 22.6. The molecule has 7 heteroatoms. The smallest absolute Gasteiger partial charge is 0.411 e. The Morgan fingerprint density at radius 2 is 1.74 bits per heavy atom. The van der Waals surface area contributed by atoms with Crippen LogP contribution in [0.5, 0.6) is 0 Å². The summed E-state index contributed by atoms with van der Waals surface area (Å²) in [7, 11) is 0. The van der Waals surface area contributed by atoms with Crippen molar-refractivity contribution in [2.75, 3.05) is 11.9 Å². The molecule has 7 nitrogen and oxygen atoms in total. The molecule has 1 aromatic carbocycles. The van der Waals surface area contributed by atoms with Crippen molar-refractivity contribution in [3.8, 4) is 5.69 Å². The van der Waals surface area contributed by atoms with Crippen LogP contribution in [0.3, 0.4) is 0 Å². The number of benzene rings is 1. The maximum atomic E-state index is 13.1. The van der Waals surface area contributed by atoms with E-state index in [1.807, 2.05) is 37.3 Å². The van der Waals surface area contributed by atoms with E-state index >= 15 is 0 Å². The molecule has 2 heterocycles. The monoisotopic (exact) mass is 424 g/mol. The lowest BCUT2D eigenvalue weighted by molar-refractivity contribution is -0.119. The molecule has 2 aromatic rings. The van der Waals surface area contributed by atoms with E-state index in [4.69, 9.17) is 9.84 Å². The quantitative estimate of drug-likeness (QED) is 0.731. The molecule has 0 bridgehead atoms. The highest BCUT2D eigenvalue weighted by Gasteiger charge is 2.34. The Kier molecular flexibility index (Phi) is 5.98. The molecule has 0 saturated heterocycles. The molecule has 0 aliphatic carbocycles. The summed E-state index contributed by atoms with van der Waals surface area (Å²) in [5, 5.41) is 7.71. The standard InChI is InChI=1S/C24H32N4O3/c1-16-10-12-17(13-11-16)28-20(15-19(26-28)23(2,3)4)25-21(29)18-9-8-14-27(18)22(30)31-24(5,6)7/h8-13,15,18H,14H2,1-7H3,(H,25,29). The van der Waals surface area contributed by atoms with Gasteiger partial charge in [0, 0.05) is 18.0 Å². The molecule has 0 radical (unpaired) electrons. The lowest BCUT2D eigenvalue weighted by Crippen LogP contribution is -2.45. The van der Waals surface area contributed by atoms with Gasteiger partial charge in [-0.1, -0.05) is 50.6 Å². The zero-order valence-corrected chi connectivity index (χ0v) is 19.4. The van der Waals surface area contributed by atoms with E-state index in [2.05, 4.69) is 26.1 Å². The van der Waals surface area contributed by atoms with Gasteiger partial charge < -0.3 is 10.1 Å². The van der Waals surface area contributed by atoms with Crippen LogP contribution >= 0.6 is 0 Å². The number of nitrogens with zero attached hydrogens (tertiary/aromatic N) is 3. The van der Waals surface area contributed by atoms with Gasteiger partial charge in [0.15, 0.2) is 0 Å². The number of hydrogen-bond donors (Lipinski definition) is 1. The van der Waals surface area contributed by atoms with E-state index in [1.165, 1.54) is 4.90 Å². The van der Waals surface area contributed by atoms with Gasteiger partial charge in [-0.25, -0.2) is 9.48 Å². The maximum absolute atomic E-state index is 13.1. The Morgan fingerprint density at radius 1 is 1.10 bits per heavy atom. The maximum Gasteiger partial charge on any atom is 0.411 e. The normalized spacial score (nSPS) is 16.5. The first-order valence-electron chi connectivity index (χ1n) is 10.5. The van der Waals surface area contributed by atoms with Gasteiger partial charge >= 0.3 is 6.09 Å². The van der Waals surface area contributed by atoms with Crippen LogP contribution in [-0.4, -0.2) is 44.9 Å². The minimum Gasteiger partial charge on any atom is -0.444 e. The highest BCUT2D eigenvalue weighted by Crippen LogP contribution is 2.27. The van der Waals surface area contributed by atoms with E-state index in [-0.39, 0.29) is 11.3 Å². The molecule has 0 spiro atoms. The topological polar surface area (TPSA) is 76.5 Å². The van der Waals surface area contributed by atoms with Gasteiger partial charge in [0.1, 0.15) is 17.5 Å². The number of aromatic nitrogens is 2. The summed E-state index contributed by atoms with van der Waals surface area (Å²) in [6.45, 7) is 14.0. The summed E-state index contributed by atoms with van der Waals surface area (Å²) in [5.74, 6) is 0.247. The van der Waals surface area contributed by atoms with Crippen LogP contribution in [0.1, 0.15) is 52.8 Å². The van der Waals surface area contributed by atoms with Crippen LogP contribution in [0.25, 0.3) is 5.69 Å². The Balaban J connectivity index is 1.88. The van der Waals surface area contributed by atoms with Gasteiger partial charge in [0.2, 0.25) is 0 Å². The van der Waals surface area contributed by atoms with E-state index in [1.54, 1.807) is 37.6 Å². The highest BCUT2D eigenvalue weighted by molar-refractivity contribution is 5.98. The van der Waals surface area contributed by atoms with Gasteiger partial charge in [-0.15, -0.1) is 0 Å². The van der Waals surface area contributed by atoms with Gasteiger partial charge in [-0.3, -0.25) is 9.69 Å². The van der Waals surface area contributed by atoms with Crippen molar-refractivity contribution in [1.29, 1.82) is 0 Å². The second-order valence-corrected chi connectivity index (χ2v) is 9.91. The second kappa shape index (κ2) is 8.21. The van der Waals surface area contributed by atoms with Gasteiger partial charge in [0.05, 0.1) is 11.4 Å². The molecule has 1 aliphatic rings. The van der Waals surface area contributed by atoms with Gasteiger partial charge in [-0.05, 0) is 39.8 Å². The number of anilines is 1. The SMILES string of the molecule is Cc1ccc(-n2nc(C(C)(C)C)cc2NC(=O)C2C=CCN2C(=O)OC(C)(C)C)cc1. The van der Waals surface area contributed by atoms with Crippen LogP contribution in [0.2, 0.25) is 0 Å². The van der Waals surface area contributed by atoms with Crippen molar-refractivity contribution < 1.29 is 14.3 Å². The van der Waals surface area contributed by atoms with Crippen LogP contribution in [-0.2, 0) is 14.9 Å². The Hall–Kier alpha value is -3.09. The first-order chi connectivity index (χ1) is 14.3. The summed E-state index contributed by atoms with van der Waals surface area (Å²) in [6.07, 6.45) is 3.00. The Bertz CT molecular complexity index is 991. The van der Waals surface area contributed by atoms with E-state index in [0.29, 0.717) is 12.4 Å². The summed E-state index contributed by atoms with van der Waals surface area (Å²) in [5.41, 5.74) is 2.02. The van der Waals surface area contributed by atoms with Gasteiger partial charge in [-0.2, -0.15) is 5.10 Å². The number of aryl methyl sites for hydroxylation is 1. The molecular weight excluding hydrogens is 392 g/mol. The average molecular weight is 425 g/mol. The molecule has 1 atom stereocenters. The van der Waals surface area contributed by atoms with E-state index in [9.17, 15) is 9.59 Å². The number of carbonyl (C=O) groups excluding carboxylic acids is 2. The molecular formula is C24H32N4O3. The fourth-order valence-corrected chi connectivity index (χ4v) is 3.18. The van der Waals surface area contributed by atoms with E-state index < -0.39 is 17.7 Å². The number of ether oxygens (including phenoxy) is 1.